The van der Waals surface area contributed by atoms with E-state index in [9.17, 15) is 4.79 Å². The lowest BCUT2D eigenvalue weighted by Gasteiger charge is -2.16. The number of carboxylic acid groups (broad SMARTS) is 1. The van der Waals surface area contributed by atoms with Crippen molar-refractivity contribution in [2.24, 2.45) is 0 Å². The largest absolute Gasteiger partial charge is 0.481 e. The second-order valence-corrected chi connectivity index (χ2v) is 3.75. The number of hydrogen-bond donors (Lipinski definition) is 2. The van der Waals surface area contributed by atoms with E-state index in [-0.39, 0.29) is 5.75 Å². The van der Waals surface area contributed by atoms with E-state index >= 15 is 0 Å². The van der Waals surface area contributed by atoms with Crippen LogP contribution in [0.5, 0.6) is 0 Å². The van der Waals surface area contributed by atoms with E-state index < -0.39 is 5.97 Å². The minimum absolute atomic E-state index is 0.00336. The Kier molecular flexibility index (Phi) is 6.04. The first-order valence-corrected chi connectivity index (χ1v) is 4.82. The SMILES string of the molecule is CCN(C)NC(=S)SCC(=O)O. The Morgan fingerprint density at radius 2 is 2.33 bits per heavy atom. The maximum atomic E-state index is 10.1. The van der Waals surface area contributed by atoms with E-state index in [1.807, 2.05) is 14.0 Å². The molecule has 0 amide bonds. The second kappa shape index (κ2) is 6.22. The predicted molar refractivity (Wildman–Crippen MR) is 54.1 cm³/mol. The molecule has 0 heterocycles. The second-order valence-electron chi connectivity index (χ2n) is 2.10. The molecule has 2 N–H and O–H groups in total. The highest BCUT2D eigenvalue weighted by Crippen LogP contribution is 2.01. The van der Waals surface area contributed by atoms with Gasteiger partial charge in [-0.25, -0.2) is 5.01 Å². The summed E-state index contributed by atoms with van der Waals surface area (Å²) in [6.07, 6.45) is 0. The van der Waals surface area contributed by atoms with Crippen molar-refractivity contribution < 1.29 is 9.90 Å². The lowest BCUT2D eigenvalue weighted by molar-refractivity contribution is -0.133. The number of nitrogens with zero attached hydrogens (tertiary/aromatic N) is 1. The van der Waals surface area contributed by atoms with Crippen molar-refractivity contribution in [2.45, 2.75) is 6.92 Å². The molecular formula is C6H12N2O2S2. The van der Waals surface area contributed by atoms with Gasteiger partial charge in [0, 0.05) is 13.6 Å². The summed E-state index contributed by atoms with van der Waals surface area (Å²) in [4.78, 5) is 10.1. The minimum atomic E-state index is -0.858. The normalized spacial score (nSPS) is 9.92. The van der Waals surface area contributed by atoms with Gasteiger partial charge in [0.05, 0.1) is 5.75 Å². The molecule has 0 unspecified atom stereocenters. The first kappa shape index (κ1) is 11.7. The summed E-state index contributed by atoms with van der Waals surface area (Å²) in [6, 6.07) is 0. The molecule has 12 heavy (non-hydrogen) atoms. The van der Waals surface area contributed by atoms with Crippen LogP contribution in [-0.4, -0.2) is 39.8 Å². The number of carbonyl (C=O) groups is 1. The Labute approximate surface area is 81.3 Å². The Balaban J connectivity index is 3.53. The van der Waals surface area contributed by atoms with Gasteiger partial charge in [-0.3, -0.25) is 4.79 Å². The third-order valence-electron chi connectivity index (χ3n) is 1.08. The summed E-state index contributed by atoms with van der Waals surface area (Å²) < 4.78 is 0.488. The molecule has 0 aliphatic carbocycles. The fourth-order valence-electron chi connectivity index (χ4n) is 0.394. The molecule has 70 valence electrons. The van der Waals surface area contributed by atoms with Crippen LogP contribution in [0.15, 0.2) is 0 Å². The number of nitrogens with one attached hydrogen (secondary N) is 1. The molecule has 0 spiro atoms. The zero-order valence-corrected chi connectivity index (χ0v) is 8.67. The topological polar surface area (TPSA) is 52.6 Å². The van der Waals surface area contributed by atoms with Gasteiger partial charge >= 0.3 is 5.97 Å². The van der Waals surface area contributed by atoms with Gasteiger partial charge in [-0.2, -0.15) is 0 Å². The smallest absolute Gasteiger partial charge is 0.313 e. The van der Waals surface area contributed by atoms with Crippen LogP contribution in [0.4, 0.5) is 0 Å². The number of carboxylic acids is 1. The van der Waals surface area contributed by atoms with E-state index in [4.69, 9.17) is 17.3 Å². The first-order valence-electron chi connectivity index (χ1n) is 3.42. The maximum Gasteiger partial charge on any atom is 0.313 e. The van der Waals surface area contributed by atoms with E-state index in [0.717, 1.165) is 18.3 Å². The van der Waals surface area contributed by atoms with Gasteiger partial charge in [0.15, 0.2) is 0 Å². The highest BCUT2D eigenvalue weighted by Gasteiger charge is 2.02. The summed E-state index contributed by atoms with van der Waals surface area (Å²) in [5.41, 5.74) is 2.85. The summed E-state index contributed by atoms with van der Waals surface area (Å²) in [6.45, 7) is 2.78. The number of aliphatic carboxylic acids is 1. The summed E-state index contributed by atoms with van der Waals surface area (Å²) >= 11 is 5.97. The van der Waals surface area contributed by atoms with Crippen LogP contribution in [0, 0.1) is 0 Å². The highest BCUT2D eigenvalue weighted by molar-refractivity contribution is 8.23. The van der Waals surface area contributed by atoms with Crippen LogP contribution in [0.2, 0.25) is 0 Å². The summed E-state index contributed by atoms with van der Waals surface area (Å²) in [7, 11) is 1.84. The number of thiocarbonyl (C=S) groups is 1. The zero-order chi connectivity index (χ0) is 9.56. The average molecular weight is 208 g/mol. The van der Waals surface area contributed by atoms with Crippen molar-refractivity contribution in [1.29, 1.82) is 0 Å². The highest BCUT2D eigenvalue weighted by atomic mass is 32.2. The molecule has 6 heteroatoms. The third-order valence-corrected chi connectivity index (χ3v) is 2.27. The lowest BCUT2D eigenvalue weighted by atomic mass is 10.7. The molecule has 0 radical (unpaired) electrons. The summed E-state index contributed by atoms with van der Waals surface area (Å²) in [5, 5.41) is 10.1. The van der Waals surface area contributed by atoms with Crippen molar-refractivity contribution in [3.63, 3.8) is 0 Å². The number of hydrogen-bond acceptors (Lipinski definition) is 4. The molecule has 0 aliphatic heterocycles. The van der Waals surface area contributed by atoms with E-state index in [0.29, 0.717) is 4.32 Å². The fraction of sp³-hybridized carbons (Fsp3) is 0.667. The molecule has 0 aliphatic rings. The van der Waals surface area contributed by atoms with Crippen LogP contribution in [0.3, 0.4) is 0 Å². The molecule has 0 rings (SSSR count). The van der Waals surface area contributed by atoms with E-state index in [1.54, 1.807) is 5.01 Å². The number of rotatable bonds is 4. The van der Waals surface area contributed by atoms with Gasteiger partial charge in [-0.05, 0) is 0 Å². The van der Waals surface area contributed by atoms with Gasteiger partial charge in [-0.15, -0.1) is 0 Å². The molecule has 4 nitrogen and oxygen atoms in total. The monoisotopic (exact) mass is 208 g/mol. The molecule has 0 atom stereocenters. The Morgan fingerprint density at radius 3 is 2.75 bits per heavy atom. The zero-order valence-electron chi connectivity index (χ0n) is 7.03. The standard InChI is InChI=1S/C6H12N2O2S2/c1-3-8(2)7-6(11)12-4-5(9)10/h3-4H2,1-2H3,(H,7,11)(H,9,10). The van der Waals surface area contributed by atoms with Gasteiger partial charge in [-0.1, -0.05) is 30.9 Å². The van der Waals surface area contributed by atoms with Crippen LogP contribution >= 0.6 is 24.0 Å². The molecule has 0 aromatic carbocycles. The third kappa shape index (κ3) is 6.38. The van der Waals surface area contributed by atoms with Crippen LogP contribution in [-0.2, 0) is 4.79 Å². The molecular weight excluding hydrogens is 196 g/mol. The molecule has 0 saturated carbocycles. The van der Waals surface area contributed by atoms with E-state index in [1.165, 1.54) is 0 Å². The first-order chi connectivity index (χ1) is 5.56. The number of thioether (sulfide) groups is 1. The van der Waals surface area contributed by atoms with Gasteiger partial charge in [0.25, 0.3) is 0 Å². The summed E-state index contributed by atoms with van der Waals surface area (Å²) in [5.74, 6) is -0.855. The minimum Gasteiger partial charge on any atom is -0.481 e. The predicted octanol–water partition coefficient (Wildman–Crippen LogP) is 0.545. The van der Waals surface area contributed by atoms with Crippen molar-refractivity contribution in [3.05, 3.63) is 0 Å². The Morgan fingerprint density at radius 1 is 1.75 bits per heavy atom. The number of hydrazine groups is 1. The maximum absolute atomic E-state index is 10.1. The van der Waals surface area contributed by atoms with Gasteiger partial charge in [0.2, 0.25) is 0 Å². The molecule has 0 bridgehead atoms. The molecule has 0 saturated heterocycles. The van der Waals surface area contributed by atoms with Crippen molar-refractivity contribution in [3.8, 4) is 0 Å². The van der Waals surface area contributed by atoms with Crippen LogP contribution < -0.4 is 5.43 Å². The van der Waals surface area contributed by atoms with Gasteiger partial charge < -0.3 is 10.5 Å². The average Bonchev–Trinajstić information content (AvgIpc) is 2.00. The van der Waals surface area contributed by atoms with Crippen molar-refractivity contribution in [1.82, 2.24) is 10.4 Å². The Hall–Kier alpha value is -0.330. The molecule has 0 aromatic rings. The van der Waals surface area contributed by atoms with Crippen LogP contribution in [0.1, 0.15) is 6.92 Å². The van der Waals surface area contributed by atoms with Crippen LogP contribution in [0.25, 0.3) is 0 Å². The quantitative estimate of drug-likeness (QED) is 0.520. The Bertz CT molecular complexity index is 175. The van der Waals surface area contributed by atoms with Crippen molar-refractivity contribution in [2.75, 3.05) is 19.3 Å². The van der Waals surface area contributed by atoms with Crippen molar-refractivity contribution >= 4 is 34.3 Å². The van der Waals surface area contributed by atoms with E-state index in [2.05, 4.69) is 5.43 Å². The fourth-order valence-corrected chi connectivity index (χ4v) is 1.20. The molecule has 0 fully saturated rings. The van der Waals surface area contributed by atoms with Gasteiger partial charge in [0.1, 0.15) is 4.32 Å². The molecule has 0 aromatic heterocycles. The lowest BCUT2D eigenvalue weighted by Crippen LogP contribution is -2.36.